The molecular formula is C14H20N4O. The van der Waals surface area contributed by atoms with E-state index < -0.39 is 0 Å². The van der Waals surface area contributed by atoms with Gasteiger partial charge in [-0.2, -0.15) is 5.10 Å². The van der Waals surface area contributed by atoms with E-state index >= 15 is 0 Å². The van der Waals surface area contributed by atoms with Crippen molar-refractivity contribution < 1.29 is 4.74 Å². The molecule has 0 aliphatic carbocycles. The summed E-state index contributed by atoms with van der Waals surface area (Å²) in [6, 6.07) is 8.16. The van der Waals surface area contributed by atoms with Crippen LogP contribution in [0.25, 0.3) is 0 Å². The normalized spacial score (nSPS) is 10.6. The minimum atomic E-state index is 0.754. The molecule has 0 saturated heterocycles. The summed E-state index contributed by atoms with van der Waals surface area (Å²) in [5.74, 6) is 1.88. The molecule has 0 radical (unpaired) electrons. The largest absolute Gasteiger partial charge is 0.497 e. The van der Waals surface area contributed by atoms with Gasteiger partial charge in [0.1, 0.15) is 17.9 Å². The monoisotopic (exact) mass is 260 g/mol. The van der Waals surface area contributed by atoms with Gasteiger partial charge in [0.05, 0.1) is 13.7 Å². The first-order valence-electron chi connectivity index (χ1n) is 6.53. The number of nitrogens with zero attached hydrogens (tertiary/aromatic N) is 3. The van der Waals surface area contributed by atoms with Gasteiger partial charge in [0.2, 0.25) is 0 Å². The lowest BCUT2D eigenvalue weighted by Gasteiger charge is -2.06. The average molecular weight is 260 g/mol. The van der Waals surface area contributed by atoms with Crippen molar-refractivity contribution in [1.29, 1.82) is 0 Å². The molecule has 102 valence electrons. The summed E-state index contributed by atoms with van der Waals surface area (Å²) in [6.07, 6.45) is 2.59. The molecule has 5 heteroatoms. The maximum atomic E-state index is 5.14. The van der Waals surface area contributed by atoms with Crippen molar-refractivity contribution in [3.05, 3.63) is 42.0 Å². The van der Waals surface area contributed by atoms with Crippen LogP contribution in [-0.4, -0.2) is 28.4 Å². The van der Waals surface area contributed by atoms with E-state index in [9.17, 15) is 0 Å². The Bertz CT molecular complexity index is 492. The summed E-state index contributed by atoms with van der Waals surface area (Å²) in [5, 5.41) is 7.53. The number of ether oxygens (including phenoxy) is 1. The molecule has 1 heterocycles. The van der Waals surface area contributed by atoms with Crippen molar-refractivity contribution in [3.8, 4) is 5.75 Å². The average Bonchev–Trinajstić information content (AvgIpc) is 2.91. The molecule has 5 nitrogen and oxygen atoms in total. The molecule has 0 fully saturated rings. The topological polar surface area (TPSA) is 52.0 Å². The highest BCUT2D eigenvalue weighted by atomic mass is 16.5. The van der Waals surface area contributed by atoms with Gasteiger partial charge in [-0.1, -0.05) is 12.1 Å². The highest BCUT2D eigenvalue weighted by Crippen LogP contribution is 2.11. The standard InChI is InChI=1S/C14H20N4O/c1-3-18-14(16-11-17-18)10-15-9-8-12-4-6-13(19-2)7-5-12/h4-7,11,15H,3,8-10H2,1-2H3. The Balaban J connectivity index is 1.74. The van der Waals surface area contributed by atoms with Gasteiger partial charge < -0.3 is 10.1 Å². The van der Waals surface area contributed by atoms with Crippen LogP contribution in [0.4, 0.5) is 0 Å². The third-order valence-corrected chi connectivity index (χ3v) is 3.03. The lowest BCUT2D eigenvalue weighted by atomic mass is 10.1. The Morgan fingerprint density at radius 1 is 1.26 bits per heavy atom. The zero-order valence-electron chi connectivity index (χ0n) is 11.5. The molecule has 19 heavy (non-hydrogen) atoms. The van der Waals surface area contributed by atoms with Crippen LogP contribution in [0.3, 0.4) is 0 Å². The molecule has 1 N–H and O–H groups in total. The van der Waals surface area contributed by atoms with E-state index in [-0.39, 0.29) is 0 Å². The van der Waals surface area contributed by atoms with Gasteiger partial charge in [-0.3, -0.25) is 0 Å². The number of rotatable bonds is 7. The Kier molecular flexibility index (Phi) is 4.92. The third-order valence-electron chi connectivity index (χ3n) is 3.03. The number of aromatic nitrogens is 3. The zero-order valence-corrected chi connectivity index (χ0v) is 11.5. The van der Waals surface area contributed by atoms with E-state index in [1.165, 1.54) is 5.56 Å². The molecule has 2 rings (SSSR count). The van der Waals surface area contributed by atoms with E-state index in [2.05, 4.69) is 34.5 Å². The van der Waals surface area contributed by atoms with Gasteiger partial charge in [0.25, 0.3) is 0 Å². The number of hydrogen-bond acceptors (Lipinski definition) is 4. The molecule has 0 aliphatic rings. The van der Waals surface area contributed by atoms with Crippen LogP contribution in [0.5, 0.6) is 5.75 Å². The third kappa shape index (κ3) is 3.79. The molecule has 2 aromatic rings. The zero-order chi connectivity index (χ0) is 13.5. The first-order valence-corrected chi connectivity index (χ1v) is 6.53. The molecule has 0 atom stereocenters. The highest BCUT2D eigenvalue weighted by molar-refractivity contribution is 5.27. The van der Waals surface area contributed by atoms with Gasteiger partial charge in [-0.15, -0.1) is 0 Å². The summed E-state index contributed by atoms with van der Waals surface area (Å²) >= 11 is 0. The fourth-order valence-electron chi connectivity index (χ4n) is 1.91. The van der Waals surface area contributed by atoms with Crippen LogP contribution >= 0.6 is 0 Å². The molecule has 1 aromatic carbocycles. The fourth-order valence-corrected chi connectivity index (χ4v) is 1.91. The molecule has 0 unspecified atom stereocenters. The molecule has 0 aliphatic heterocycles. The van der Waals surface area contributed by atoms with Crippen molar-refractivity contribution in [1.82, 2.24) is 20.1 Å². The minimum absolute atomic E-state index is 0.754. The first-order chi connectivity index (χ1) is 9.33. The van der Waals surface area contributed by atoms with Gasteiger partial charge in [0, 0.05) is 6.54 Å². The predicted octanol–water partition coefficient (Wildman–Crippen LogP) is 1.64. The molecule has 0 bridgehead atoms. The SMILES string of the molecule is CCn1ncnc1CNCCc1ccc(OC)cc1. The molecular weight excluding hydrogens is 240 g/mol. The van der Waals surface area contributed by atoms with Gasteiger partial charge in [0.15, 0.2) is 0 Å². The molecule has 0 saturated carbocycles. The fraction of sp³-hybridized carbons (Fsp3) is 0.429. The van der Waals surface area contributed by atoms with E-state index in [4.69, 9.17) is 4.74 Å². The Hall–Kier alpha value is -1.88. The summed E-state index contributed by atoms with van der Waals surface area (Å²) in [6.45, 7) is 4.60. The van der Waals surface area contributed by atoms with Gasteiger partial charge in [-0.25, -0.2) is 9.67 Å². The number of methoxy groups -OCH3 is 1. The predicted molar refractivity (Wildman–Crippen MR) is 74.1 cm³/mol. The van der Waals surface area contributed by atoms with Crippen molar-refractivity contribution in [2.24, 2.45) is 0 Å². The molecule has 0 amide bonds. The number of hydrogen-bond donors (Lipinski definition) is 1. The quantitative estimate of drug-likeness (QED) is 0.769. The van der Waals surface area contributed by atoms with Crippen LogP contribution < -0.4 is 10.1 Å². The second kappa shape index (κ2) is 6.89. The molecule has 0 spiro atoms. The summed E-state index contributed by atoms with van der Waals surface area (Å²) in [7, 11) is 1.68. The highest BCUT2D eigenvalue weighted by Gasteiger charge is 2.01. The van der Waals surface area contributed by atoms with Crippen LogP contribution in [0.15, 0.2) is 30.6 Å². The van der Waals surface area contributed by atoms with Crippen LogP contribution in [-0.2, 0) is 19.5 Å². The van der Waals surface area contributed by atoms with Crippen LogP contribution in [0, 0.1) is 0 Å². The Morgan fingerprint density at radius 3 is 2.74 bits per heavy atom. The summed E-state index contributed by atoms with van der Waals surface area (Å²) in [5.41, 5.74) is 1.30. The Morgan fingerprint density at radius 2 is 2.05 bits per heavy atom. The van der Waals surface area contributed by atoms with Crippen molar-refractivity contribution >= 4 is 0 Å². The number of aryl methyl sites for hydroxylation is 1. The second-order valence-electron chi connectivity index (χ2n) is 4.27. The van der Waals surface area contributed by atoms with Gasteiger partial charge >= 0.3 is 0 Å². The summed E-state index contributed by atoms with van der Waals surface area (Å²) < 4.78 is 7.04. The smallest absolute Gasteiger partial charge is 0.140 e. The van der Waals surface area contributed by atoms with Gasteiger partial charge in [-0.05, 0) is 37.6 Å². The molecule has 1 aromatic heterocycles. The minimum Gasteiger partial charge on any atom is -0.497 e. The maximum Gasteiger partial charge on any atom is 0.140 e. The van der Waals surface area contributed by atoms with Crippen molar-refractivity contribution in [2.75, 3.05) is 13.7 Å². The Labute approximate surface area is 113 Å². The van der Waals surface area contributed by atoms with E-state index in [0.29, 0.717) is 0 Å². The van der Waals surface area contributed by atoms with Crippen molar-refractivity contribution in [3.63, 3.8) is 0 Å². The van der Waals surface area contributed by atoms with E-state index in [1.807, 2.05) is 16.8 Å². The second-order valence-corrected chi connectivity index (χ2v) is 4.27. The lowest BCUT2D eigenvalue weighted by molar-refractivity contribution is 0.414. The number of nitrogens with one attached hydrogen (secondary N) is 1. The maximum absolute atomic E-state index is 5.14. The van der Waals surface area contributed by atoms with Crippen LogP contribution in [0.2, 0.25) is 0 Å². The number of benzene rings is 1. The van der Waals surface area contributed by atoms with Crippen LogP contribution in [0.1, 0.15) is 18.3 Å². The lowest BCUT2D eigenvalue weighted by Crippen LogP contribution is -2.19. The summed E-state index contributed by atoms with van der Waals surface area (Å²) in [4.78, 5) is 4.23. The van der Waals surface area contributed by atoms with E-state index in [1.54, 1.807) is 13.4 Å². The van der Waals surface area contributed by atoms with Crippen molar-refractivity contribution in [2.45, 2.75) is 26.4 Å². The van der Waals surface area contributed by atoms with E-state index in [0.717, 1.165) is 37.6 Å². The first kappa shape index (κ1) is 13.5.